The highest BCUT2D eigenvalue weighted by Gasteiger charge is 2.69. The number of nitrogens with one attached hydrogen (secondary N) is 1. The van der Waals surface area contributed by atoms with Gasteiger partial charge in [-0.1, -0.05) is 13.0 Å². The summed E-state index contributed by atoms with van der Waals surface area (Å²) in [6, 6.07) is 5.79. The molecule has 29 heavy (non-hydrogen) atoms. The van der Waals surface area contributed by atoms with Crippen LogP contribution in [0.5, 0.6) is 5.75 Å². The fraction of sp³-hybridized carbons (Fsp3) is 0.652. The van der Waals surface area contributed by atoms with Crippen LogP contribution in [0, 0.1) is 11.3 Å². The van der Waals surface area contributed by atoms with E-state index in [9.17, 15) is 14.7 Å². The van der Waals surface area contributed by atoms with E-state index in [1.54, 1.807) is 7.11 Å². The summed E-state index contributed by atoms with van der Waals surface area (Å²) in [7, 11) is 1.67. The topological polar surface area (TPSA) is 84.9 Å². The summed E-state index contributed by atoms with van der Waals surface area (Å²) >= 11 is 0. The highest BCUT2D eigenvalue weighted by atomic mass is 16.5. The third-order valence-electron chi connectivity index (χ3n) is 7.79. The first kappa shape index (κ1) is 20.2. The molecule has 0 unspecified atom stereocenters. The molecule has 0 aromatic heterocycles. The lowest BCUT2D eigenvalue weighted by atomic mass is 9.52. The monoisotopic (exact) mass is 401 g/mol. The predicted molar refractivity (Wildman–Crippen MR) is 108 cm³/mol. The van der Waals surface area contributed by atoms with Crippen LogP contribution in [0.2, 0.25) is 0 Å². The number of carbonyl (C=O) groups is 2. The van der Waals surface area contributed by atoms with Crippen LogP contribution in [0.25, 0.3) is 0 Å². The Morgan fingerprint density at radius 1 is 1.24 bits per heavy atom. The van der Waals surface area contributed by atoms with Crippen molar-refractivity contribution < 1.29 is 24.2 Å². The number of benzene rings is 1. The maximum absolute atomic E-state index is 12.3. The van der Waals surface area contributed by atoms with Crippen LogP contribution in [0.15, 0.2) is 18.2 Å². The Kier molecular flexibility index (Phi) is 4.88. The number of carbonyl (C=O) groups excluding carboxylic acids is 2. The molecular weight excluding hydrogens is 370 g/mol. The van der Waals surface area contributed by atoms with Crippen molar-refractivity contribution in [1.82, 2.24) is 5.32 Å². The Morgan fingerprint density at radius 3 is 2.66 bits per heavy atom. The van der Waals surface area contributed by atoms with Crippen molar-refractivity contribution in [2.24, 2.45) is 11.3 Å². The van der Waals surface area contributed by atoms with E-state index < -0.39 is 23.2 Å². The van der Waals surface area contributed by atoms with Gasteiger partial charge in [-0.05, 0) is 60.8 Å². The summed E-state index contributed by atoms with van der Waals surface area (Å²) in [6.45, 7) is 4.91. The van der Waals surface area contributed by atoms with Gasteiger partial charge < -0.3 is 19.9 Å². The van der Waals surface area contributed by atoms with Crippen molar-refractivity contribution in [1.29, 1.82) is 0 Å². The maximum atomic E-state index is 12.3. The zero-order valence-corrected chi connectivity index (χ0v) is 17.7. The Bertz CT molecular complexity index is 839. The minimum atomic E-state index is -1.13. The molecule has 0 heterocycles. The van der Waals surface area contributed by atoms with Crippen molar-refractivity contribution >= 4 is 11.9 Å². The zero-order chi connectivity index (χ0) is 21.0. The molecule has 1 aromatic carbocycles. The molecule has 0 saturated heterocycles. The third kappa shape index (κ3) is 2.95. The van der Waals surface area contributed by atoms with Crippen LogP contribution in [-0.2, 0) is 20.7 Å². The number of ether oxygens (including phenoxy) is 2. The molecule has 0 aliphatic heterocycles. The predicted octanol–water partition coefficient (Wildman–Crippen LogP) is 2.71. The third-order valence-corrected chi connectivity index (χ3v) is 7.79. The van der Waals surface area contributed by atoms with Crippen LogP contribution in [0.1, 0.15) is 63.5 Å². The van der Waals surface area contributed by atoms with E-state index in [0.29, 0.717) is 6.42 Å². The molecular formula is C23H31NO5. The number of aryl methyl sites for hydroxylation is 1. The number of hydrogen-bond donors (Lipinski definition) is 2. The van der Waals surface area contributed by atoms with Gasteiger partial charge in [-0.2, -0.15) is 0 Å². The smallest absolute Gasteiger partial charge is 0.302 e. The van der Waals surface area contributed by atoms with Crippen LogP contribution in [0.4, 0.5) is 0 Å². The first-order valence-corrected chi connectivity index (χ1v) is 10.5. The van der Waals surface area contributed by atoms with Gasteiger partial charge in [0.15, 0.2) is 0 Å². The Morgan fingerprint density at radius 2 is 2.00 bits per heavy atom. The maximum Gasteiger partial charge on any atom is 0.302 e. The lowest BCUT2D eigenvalue weighted by Gasteiger charge is -2.57. The summed E-state index contributed by atoms with van der Waals surface area (Å²) in [5.41, 5.74) is 0.842. The molecule has 0 radical (unpaired) electrons. The zero-order valence-electron chi connectivity index (χ0n) is 17.7. The molecule has 0 spiro atoms. The molecule has 3 aliphatic carbocycles. The quantitative estimate of drug-likeness (QED) is 0.761. The van der Waals surface area contributed by atoms with E-state index in [-0.39, 0.29) is 23.7 Å². The average Bonchev–Trinajstić information content (AvgIpc) is 2.88. The fourth-order valence-corrected chi connectivity index (χ4v) is 6.50. The molecule has 0 bridgehead atoms. The van der Waals surface area contributed by atoms with Gasteiger partial charge in [0, 0.05) is 25.7 Å². The van der Waals surface area contributed by atoms with E-state index in [2.05, 4.69) is 17.4 Å². The molecule has 6 nitrogen and oxygen atoms in total. The number of hydrogen-bond acceptors (Lipinski definition) is 5. The fourth-order valence-electron chi connectivity index (χ4n) is 6.50. The molecule has 6 heteroatoms. The van der Waals surface area contributed by atoms with Crippen molar-refractivity contribution in [2.45, 2.75) is 76.5 Å². The summed E-state index contributed by atoms with van der Waals surface area (Å²) in [5.74, 6) is 0.561. The van der Waals surface area contributed by atoms with Gasteiger partial charge in [0.2, 0.25) is 5.91 Å². The first-order chi connectivity index (χ1) is 13.7. The van der Waals surface area contributed by atoms with Gasteiger partial charge in [-0.25, -0.2) is 0 Å². The van der Waals surface area contributed by atoms with Crippen molar-refractivity contribution in [3.05, 3.63) is 29.3 Å². The van der Waals surface area contributed by atoms with Gasteiger partial charge in [0.05, 0.1) is 18.8 Å². The van der Waals surface area contributed by atoms with Gasteiger partial charge >= 0.3 is 5.97 Å². The van der Waals surface area contributed by atoms with Gasteiger partial charge in [0.1, 0.15) is 11.9 Å². The summed E-state index contributed by atoms with van der Waals surface area (Å²) in [4.78, 5) is 23.7. The van der Waals surface area contributed by atoms with Crippen molar-refractivity contribution in [3.63, 3.8) is 0 Å². The number of amides is 1. The van der Waals surface area contributed by atoms with Crippen molar-refractivity contribution in [3.8, 4) is 5.75 Å². The van der Waals surface area contributed by atoms with Crippen molar-refractivity contribution in [2.75, 3.05) is 7.11 Å². The molecule has 2 N–H and O–H groups in total. The first-order valence-electron chi connectivity index (χ1n) is 10.5. The van der Waals surface area contributed by atoms with Gasteiger partial charge in [0.25, 0.3) is 0 Å². The number of rotatable bonds is 3. The Labute approximate surface area is 172 Å². The molecule has 2 saturated carbocycles. The standard InChI is InChI=1S/C23H31NO5/c1-13(25)24-20-12-21(29-14(2)26)22(3)10-9-18-17-7-6-16(28-4)11-15(17)5-8-19(18)23(20,22)27/h6-7,11,18-21,27H,5,8-10,12H2,1-4H3,(H,24,25)/t18-,19-,20+,21+,22-,23-/m1/s1. The Balaban J connectivity index is 1.75. The number of aliphatic hydroxyl groups is 1. The molecule has 4 rings (SSSR count). The molecule has 158 valence electrons. The second kappa shape index (κ2) is 7.01. The minimum Gasteiger partial charge on any atom is -0.497 e. The van der Waals surface area contributed by atoms with E-state index in [1.165, 1.54) is 25.0 Å². The number of methoxy groups -OCH3 is 1. The normalized spacial score (nSPS) is 37.7. The molecule has 3 aliphatic rings. The lowest BCUT2D eigenvalue weighted by Crippen LogP contribution is -2.65. The van der Waals surface area contributed by atoms with E-state index in [4.69, 9.17) is 9.47 Å². The van der Waals surface area contributed by atoms with Crippen LogP contribution in [0.3, 0.4) is 0 Å². The summed E-state index contributed by atoms with van der Waals surface area (Å²) < 4.78 is 11.1. The second-order valence-corrected chi connectivity index (χ2v) is 9.18. The van der Waals surface area contributed by atoms with Crippen LogP contribution in [-0.4, -0.2) is 41.8 Å². The van der Waals surface area contributed by atoms with Gasteiger partial charge in [-0.15, -0.1) is 0 Å². The molecule has 6 atom stereocenters. The highest BCUT2D eigenvalue weighted by Crippen LogP contribution is 2.63. The summed E-state index contributed by atoms with van der Waals surface area (Å²) in [6.07, 6.45) is 3.40. The van der Waals surface area contributed by atoms with E-state index in [1.807, 2.05) is 13.0 Å². The SMILES string of the molecule is COc1ccc2c(c1)CC[C@@H]1[C@@H]2CC[C@]2(C)[C@@H](OC(C)=O)C[C@H](NC(C)=O)[C@]12O. The van der Waals surface area contributed by atoms with E-state index in [0.717, 1.165) is 31.4 Å². The molecule has 1 aromatic rings. The number of fused-ring (bicyclic) bond motifs is 5. The van der Waals surface area contributed by atoms with Crippen LogP contribution >= 0.6 is 0 Å². The Hall–Kier alpha value is -2.08. The average molecular weight is 402 g/mol. The van der Waals surface area contributed by atoms with Gasteiger partial charge in [-0.3, -0.25) is 9.59 Å². The molecule has 1 amide bonds. The van der Waals surface area contributed by atoms with Crippen LogP contribution < -0.4 is 10.1 Å². The largest absolute Gasteiger partial charge is 0.497 e. The second-order valence-electron chi connectivity index (χ2n) is 9.18. The molecule has 2 fully saturated rings. The van der Waals surface area contributed by atoms with E-state index >= 15 is 0 Å². The highest BCUT2D eigenvalue weighted by molar-refractivity contribution is 5.73. The summed E-state index contributed by atoms with van der Waals surface area (Å²) in [5, 5.41) is 15.2. The number of esters is 1. The lowest BCUT2D eigenvalue weighted by molar-refractivity contribution is -0.187. The minimum absolute atomic E-state index is 0.000414.